The highest BCUT2D eigenvalue weighted by Gasteiger charge is 2.36. The highest BCUT2D eigenvalue weighted by Crippen LogP contribution is 2.20. The number of halogens is 3. The van der Waals surface area contributed by atoms with Crippen molar-refractivity contribution in [1.29, 1.82) is 5.26 Å². The molecule has 0 aliphatic carbocycles. The SMILES string of the molecule is CCCCn1cc[n+](C)c1.CCCCn1cc[n+](C)c1.N#CN=C=[N-].O=S(=O)([O-])C(F)(F)F. The van der Waals surface area contributed by atoms with E-state index in [-0.39, 0.29) is 0 Å². The van der Waals surface area contributed by atoms with Crippen molar-refractivity contribution in [2.24, 2.45) is 19.1 Å². The van der Waals surface area contributed by atoms with Crippen molar-refractivity contribution in [3.8, 4) is 6.19 Å². The maximum Gasteiger partial charge on any atom is 0.485 e. The van der Waals surface area contributed by atoms with Crippen LogP contribution in [0.25, 0.3) is 5.41 Å². The molecule has 0 saturated heterocycles. The normalized spacial score (nSPS) is 10.2. The molecular weight excluding hydrogens is 463 g/mol. The van der Waals surface area contributed by atoms with E-state index >= 15 is 0 Å². The Labute approximate surface area is 192 Å². The summed E-state index contributed by atoms with van der Waals surface area (Å²) in [5.41, 5.74) is -5.65. The van der Waals surface area contributed by atoms with Crippen LogP contribution < -0.4 is 9.13 Å². The van der Waals surface area contributed by atoms with E-state index in [0.29, 0.717) is 0 Å². The summed E-state index contributed by atoms with van der Waals surface area (Å²) in [5, 5.41) is 14.9. The van der Waals surface area contributed by atoms with Gasteiger partial charge in [-0.2, -0.15) is 18.4 Å². The van der Waals surface area contributed by atoms with Gasteiger partial charge in [-0.15, -0.1) is 6.01 Å². The van der Waals surface area contributed by atoms with Gasteiger partial charge in [0, 0.05) is 0 Å². The summed E-state index contributed by atoms with van der Waals surface area (Å²) in [6.45, 7) is 6.72. The second kappa shape index (κ2) is 17.5. The van der Waals surface area contributed by atoms with Gasteiger partial charge < -0.3 is 15.0 Å². The van der Waals surface area contributed by atoms with Gasteiger partial charge in [-0.3, -0.25) is 0 Å². The number of hydrogen-bond donors (Lipinski definition) is 0. The molecule has 0 unspecified atom stereocenters. The van der Waals surface area contributed by atoms with Gasteiger partial charge in [-0.1, -0.05) is 26.7 Å². The van der Waals surface area contributed by atoms with Gasteiger partial charge in [0.2, 0.25) is 12.7 Å². The van der Waals surface area contributed by atoms with Gasteiger partial charge in [-0.05, 0) is 12.8 Å². The minimum Gasteiger partial charge on any atom is -0.741 e. The first-order valence-electron chi connectivity index (χ1n) is 9.84. The van der Waals surface area contributed by atoms with E-state index in [4.69, 9.17) is 23.6 Å². The van der Waals surface area contributed by atoms with Crippen LogP contribution in [0.4, 0.5) is 13.2 Å². The van der Waals surface area contributed by atoms with Gasteiger partial charge in [0.15, 0.2) is 10.1 Å². The van der Waals surface area contributed by atoms with Gasteiger partial charge in [-0.25, -0.2) is 26.7 Å². The van der Waals surface area contributed by atoms with Crippen molar-refractivity contribution in [1.82, 2.24) is 9.13 Å². The molecular formula is C19H30F3N7O3S. The summed E-state index contributed by atoms with van der Waals surface area (Å²) in [6, 6.07) is 1.28. The zero-order valence-electron chi connectivity index (χ0n) is 19.1. The number of nitriles is 1. The minimum absolute atomic E-state index is 1.15. The standard InChI is InChI=1S/2C8H15N2.C2N3.CHF3O3S/c2*1-3-4-5-10-7-6-9(2)8-10;3-1-5-2-4;2-1(3,4)8(5,6)7/h2*6-8H,3-5H2,1-2H3;;(H,5,6,7)/q2*+1;-1;/p-1. The second-order valence-corrected chi connectivity index (χ2v) is 7.92. The lowest BCUT2D eigenvalue weighted by Crippen LogP contribution is -2.23. The van der Waals surface area contributed by atoms with Crippen LogP contribution >= 0.6 is 0 Å². The van der Waals surface area contributed by atoms with Crippen molar-refractivity contribution < 1.29 is 35.3 Å². The molecule has 2 aromatic heterocycles. The Bertz CT molecular complexity index is 929. The first kappa shape index (κ1) is 32.2. The zero-order valence-corrected chi connectivity index (χ0v) is 19.9. The molecule has 0 amide bonds. The molecule has 0 bridgehead atoms. The lowest BCUT2D eigenvalue weighted by Gasteiger charge is -2.08. The number of unbranched alkanes of at least 4 members (excludes halogenated alkanes) is 2. The quantitative estimate of drug-likeness (QED) is 0.201. The third kappa shape index (κ3) is 18.3. The number of rotatable bonds is 6. The first-order chi connectivity index (χ1) is 15.3. The summed E-state index contributed by atoms with van der Waals surface area (Å²) >= 11 is 0. The third-order valence-corrected chi connectivity index (χ3v) is 4.14. The summed E-state index contributed by atoms with van der Waals surface area (Å²) in [6.07, 6.45) is 18.9. The van der Waals surface area contributed by atoms with Gasteiger partial charge in [0.05, 0.1) is 33.4 Å². The van der Waals surface area contributed by atoms with E-state index in [1.54, 1.807) is 0 Å². The lowest BCUT2D eigenvalue weighted by molar-refractivity contribution is -0.671. The Morgan fingerprint density at radius 2 is 1.39 bits per heavy atom. The lowest BCUT2D eigenvalue weighted by atomic mass is 10.3. The topological polar surface area (TPSA) is 133 Å². The summed E-state index contributed by atoms with van der Waals surface area (Å²) in [7, 11) is -2.00. The Morgan fingerprint density at radius 1 is 1.03 bits per heavy atom. The smallest absolute Gasteiger partial charge is 0.485 e. The molecule has 0 aliphatic rings. The second-order valence-electron chi connectivity index (χ2n) is 6.55. The molecule has 0 atom stereocenters. The fourth-order valence-electron chi connectivity index (χ4n) is 1.97. The van der Waals surface area contributed by atoms with E-state index in [0.717, 1.165) is 13.1 Å². The molecule has 0 aliphatic heterocycles. The molecule has 2 aromatic rings. The monoisotopic (exact) mass is 493 g/mol. The zero-order chi connectivity index (χ0) is 25.9. The average Bonchev–Trinajstić information content (AvgIpc) is 3.33. The molecule has 0 radical (unpaired) electrons. The summed E-state index contributed by atoms with van der Waals surface area (Å²) < 4.78 is 67.5. The molecule has 0 fully saturated rings. The number of nitrogens with zero attached hydrogens (tertiary/aromatic N) is 7. The highest BCUT2D eigenvalue weighted by molar-refractivity contribution is 7.86. The van der Waals surface area contributed by atoms with Crippen LogP contribution in [0.15, 0.2) is 42.4 Å². The van der Waals surface area contributed by atoms with E-state index in [9.17, 15) is 13.2 Å². The van der Waals surface area contributed by atoms with Gasteiger partial charge in [0.1, 0.15) is 24.8 Å². The van der Waals surface area contributed by atoms with Gasteiger partial charge in [0.25, 0.3) is 0 Å². The predicted octanol–water partition coefficient (Wildman–Crippen LogP) is 2.49. The number of aliphatic imine (C=N–C) groups is 1. The number of imidazole rings is 2. The number of aryl methyl sites for hydroxylation is 4. The number of hydrogen-bond acceptors (Lipinski definition) is 5. The number of aromatic nitrogens is 4. The minimum atomic E-state index is -6.09. The molecule has 0 spiro atoms. The van der Waals surface area contributed by atoms with Crippen LogP contribution in [0.2, 0.25) is 0 Å². The van der Waals surface area contributed by atoms with E-state index < -0.39 is 15.6 Å². The van der Waals surface area contributed by atoms with Crippen molar-refractivity contribution in [2.45, 2.75) is 58.1 Å². The van der Waals surface area contributed by atoms with Crippen molar-refractivity contribution in [3.63, 3.8) is 0 Å². The van der Waals surface area contributed by atoms with Crippen molar-refractivity contribution in [3.05, 3.63) is 42.9 Å². The molecule has 2 rings (SSSR count). The highest BCUT2D eigenvalue weighted by atomic mass is 32.2. The molecule has 14 heteroatoms. The molecule has 0 saturated carbocycles. The Kier molecular flexibility index (Phi) is 17.1. The van der Waals surface area contributed by atoms with Crippen LogP contribution in [-0.4, -0.2) is 33.6 Å². The molecule has 2 heterocycles. The van der Waals surface area contributed by atoms with Crippen LogP contribution in [0.1, 0.15) is 39.5 Å². The predicted molar refractivity (Wildman–Crippen MR) is 113 cm³/mol. The molecule has 186 valence electrons. The van der Waals surface area contributed by atoms with Gasteiger partial charge >= 0.3 is 5.51 Å². The van der Waals surface area contributed by atoms with Crippen LogP contribution in [0.5, 0.6) is 0 Å². The van der Waals surface area contributed by atoms with E-state index in [1.807, 2.05) is 14.1 Å². The first-order valence-corrected chi connectivity index (χ1v) is 11.2. The molecule has 0 N–H and O–H groups in total. The molecule has 33 heavy (non-hydrogen) atoms. The Hall–Kier alpha value is -3.01. The fourth-order valence-corrected chi connectivity index (χ4v) is 1.97. The fraction of sp³-hybridized carbons (Fsp3) is 0.579. The Morgan fingerprint density at radius 3 is 1.55 bits per heavy atom. The summed E-state index contributed by atoms with van der Waals surface area (Å²) in [4.78, 5) is 2.58. The molecule has 10 nitrogen and oxygen atoms in total. The summed E-state index contributed by atoms with van der Waals surface area (Å²) in [5.74, 6) is 0. The maximum absolute atomic E-state index is 10.7. The van der Waals surface area contributed by atoms with Crippen molar-refractivity contribution >= 4 is 16.1 Å². The largest absolute Gasteiger partial charge is 0.741 e. The van der Waals surface area contributed by atoms with Crippen LogP contribution in [-0.2, 0) is 37.3 Å². The van der Waals surface area contributed by atoms with E-state index in [2.05, 4.69) is 74.6 Å². The van der Waals surface area contributed by atoms with Crippen LogP contribution in [0, 0.1) is 11.5 Å². The van der Waals surface area contributed by atoms with Crippen LogP contribution in [0.3, 0.4) is 0 Å². The number of alkyl halides is 3. The molecule has 0 aromatic carbocycles. The van der Waals surface area contributed by atoms with E-state index in [1.165, 1.54) is 37.9 Å². The third-order valence-electron chi connectivity index (χ3n) is 3.57. The maximum atomic E-state index is 10.7. The van der Waals surface area contributed by atoms with Crippen molar-refractivity contribution in [2.75, 3.05) is 0 Å². The Balaban J connectivity index is 0. The average molecular weight is 494 g/mol.